The Morgan fingerprint density at radius 1 is 1.53 bits per heavy atom. The number of rotatable bonds is 5. The van der Waals surface area contributed by atoms with Crippen molar-refractivity contribution in [3.05, 3.63) is 33.9 Å². The third kappa shape index (κ3) is 3.92. The van der Waals surface area contributed by atoms with Gasteiger partial charge in [-0.3, -0.25) is 14.9 Å². The van der Waals surface area contributed by atoms with Crippen molar-refractivity contribution < 1.29 is 14.8 Å². The summed E-state index contributed by atoms with van der Waals surface area (Å²) in [4.78, 5) is 23.5. The molecule has 0 fully saturated rings. The number of carbonyl (C=O) groups excluding carboxylic acids is 1. The first-order valence-corrected chi connectivity index (χ1v) is 5.75. The van der Waals surface area contributed by atoms with Gasteiger partial charge in [0.2, 0.25) is 0 Å². The molecule has 7 heteroatoms. The fourth-order valence-electron chi connectivity index (χ4n) is 1.49. The zero-order valence-corrected chi connectivity index (χ0v) is 11.1. The Hall–Kier alpha value is -2.15. The van der Waals surface area contributed by atoms with Crippen molar-refractivity contribution in [1.82, 2.24) is 4.90 Å². The van der Waals surface area contributed by atoms with E-state index >= 15 is 0 Å². The first-order chi connectivity index (χ1) is 8.82. The molecule has 1 unspecified atom stereocenters. The molecule has 0 bridgehead atoms. The number of nitro benzene ring substituents is 1. The summed E-state index contributed by atoms with van der Waals surface area (Å²) in [5.41, 5.74) is 0.443. The van der Waals surface area contributed by atoms with Crippen LogP contribution in [-0.4, -0.2) is 47.6 Å². The number of hydrogen-bond acceptors (Lipinski definition) is 5. The van der Waals surface area contributed by atoms with Gasteiger partial charge >= 0.3 is 0 Å². The summed E-state index contributed by atoms with van der Waals surface area (Å²) in [5, 5.41) is 22.9. The Morgan fingerprint density at radius 2 is 2.16 bits per heavy atom. The number of aliphatic hydroxyl groups excluding tert-OH is 1. The molecule has 1 aromatic carbocycles. The van der Waals surface area contributed by atoms with E-state index in [-0.39, 0.29) is 23.8 Å². The van der Waals surface area contributed by atoms with Gasteiger partial charge in [0.25, 0.3) is 11.6 Å². The van der Waals surface area contributed by atoms with Crippen LogP contribution in [0.3, 0.4) is 0 Å². The normalized spacial score (nSPS) is 11.8. The van der Waals surface area contributed by atoms with E-state index in [0.717, 1.165) is 0 Å². The quantitative estimate of drug-likeness (QED) is 0.615. The summed E-state index contributed by atoms with van der Waals surface area (Å²) in [5.74, 6) is -0.241. The molecule has 0 spiro atoms. The molecule has 1 amide bonds. The number of nitrogens with one attached hydrogen (secondary N) is 1. The van der Waals surface area contributed by atoms with Gasteiger partial charge in [0.05, 0.1) is 11.0 Å². The lowest BCUT2D eigenvalue weighted by Crippen LogP contribution is -2.22. The lowest BCUT2D eigenvalue weighted by atomic mass is 10.1. The van der Waals surface area contributed by atoms with Crippen LogP contribution in [0.1, 0.15) is 17.3 Å². The van der Waals surface area contributed by atoms with Crippen molar-refractivity contribution in [3.8, 4) is 0 Å². The summed E-state index contributed by atoms with van der Waals surface area (Å²) in [6, 6.07) is 4.11. The Bertz CT molecular complexity index is 486. The van der Waals surface area contributed by atoms with E-state index in [0.29, 0.717) is 5.56 Å². The fourth-order valence-corrected chi connectivity index (χ4v) is 1.49. The molecule has 0 aliphatic heterocycles. The first kappa shape index (κ1) is 14.9. The summed E-state index contributed by atoms with van der Waals surface area (Å²) in [7, 11) is 3.21. The van der Waals surface area contributed by atoms with Crippen LogP contribution in [0.4, 0.5) is 11.4 Å². The van der Waals surface area contributed by atoms with Gasteiger partial charge in [-0.25, -0.2) is 0 Å². The number of benzene rings is 1. The Kier molecular flexibility index (Phi) is 4.82. The maximum absolute atomic E-state index is 11.8. The fraction of sp³-hybridized carbons (Fsp3) is 0.417. The van der Waals surface area contributed by atoms with Gasteiger partial charge in [-0.2, -0.15) is 0 Å². The average Bonchev–Trinajstić information content (AvgIpc) is 2.34. The molecule has 19 heavy (non-hydrogen) atoms. The van der Waals surface area contributed by atoms with Crippen molar-refractivity contribution in [2.45, 2.75) is 13.0 Å². The highest BCUT2D eigenvalue weighted by atomic mass is 16.6. The number of hydrogen-bond donors (Lipinski definition) is 2. The van der Waals surface area contributed by atoms with Crippen LogP contribution in [0.25, 0.3) is 0 Å². The lowest BCUT2D eigenvalue weighted by molar-refractivity contribution is -0.384. The van der Waals surface area contributed by atoms with E-state index in [1.165, 1.54) is 23.1 Å². The highest BCUT2D eigenvalue weighted by molar-refractivity contribution is 5.95. The molecule has 7 nitrogen and oxygen atoms in total. The Balaban J connectivity index is 3.10. The van der Waals surface area contributed by atoms with E-state index < -0.39 is 11.0 Å². The standard InChI is InChI=1S/C12H17N3O4/c1-8(16)7-13-10-6-9(12(17)14(2)3)4-5-11(10)15(18)19/h4-6,8,13,16H,7H2,1-3H3. The number of anilines is 1. The number of aliphatic hydroxyl groups is 1. The smallest absolute Gasteiger partial charge is 0.292 e. The SMILES string of the molecule is CC(O)CNc1cc(C(=O)N(C)C)ccc1[N+](=O)[O-]. The second-order valence-corrected chi connectivity index (χ2v) is 4.42. The van der Waals surface area contributed by atoms with E-state index in [9.17, 15) is 20.0 Å². The molecular formula is C12H17N3O4. The Labute approximate surface area is 111 Å². The van der Waals surface area contributed by atoms with Gasteiger partial charge in [0.15, 0.2) is 0 Å². The molecule has 0 saturated carbocycles. The van der Waals surface area contributed by atoms with Gasteiger partial charge < -0.3 is 15.3 Å². The zero-order chi connectivity index (χ0) is 14.6. The minimum atomic E-state index is -0.646. The summed E-state index contributed by atoms with van der Waals surface area (Å²) < 4.78 is 0. The molecule has 1 atom stereocenters. The highest BCUT2D eigenvalue weighted by Crippen LogP contribution is 2.25. The molecule has 0 aliphatic rings. The predicted octanol–water partition coefficient (Wildman–Crippen LogP) is 1.09. The van der Waals surface area contributed by atoms with Gasteiger partial charge in [-0.05, 0) is 19.1 Å². The second kappa shape index (κ2) is 6.14. The van der Waals surface area contributed by atoms with Crippen molar-refractivity contribution in [2.75, 3.05) is 26.0 Å². The van der Waals surface area contributed by atoms with Crippen LogP contribution in [0, 0.1) is 10.1 Å². The number of carbonyl (C=O) groups is 1. The Morgan fingerprint density at radius 3 is 2.63 bits per heavy atom. The highest BCUT2D eigenvalue weighted by Gasteiger charge is 2.17. The summed E-state index contributed by atoms with van der Waals surface area (Å²) in [6.07, 6.45) is -0.646. The third-order valence-corrected chi connectivity index (χ3v) is 2.43. The zero-order valence-electron chi connectivity index (χ0n) is 11.1. The van der Waals surface area contributed by atoms with Crippen molar-refractivity contribution >= 4 is 17.3 Å². The van der Waals surface area contributed by atoms with E-state index in [2.05, 4.69) is 5.32 Å². The van der Waals surface area contributed by atoms with Crippen LogP contribution in [0.5, 0.6) is 0 Å². The topological polar surface area (TPSA) is 95.7 Å². The molecule has 104 valence electrons. The van der Waals surface area contributed by atoms with Gasteiger partial charge in [-0.15, -0.1) is 0 Å². The molecule has 0 radical (unpaired) electrons. The van der Waals surface area contributed by atoms with Crippen LogP contribution >= 0.6 is 0 Å². The summed E-state index contributed by atoms with van der Waals surface area (Å²) >= 11 is 0. The van der Waals surface area contributed by atoms with Crippen molar-refractivity contribution in [3.63, 3.8) is 0 Å². The lowest BCUT2D eigenvalue weighted by Gasteiger charge is -2.13. The van der Waals surface area contributed by atoms with Crippen molar-refractivity contribution in [1.29, 1.82) is 0 Å². The molecule has 1 aromatic rings. The van der Waals surface area contributed by atoms with E-state index in [1.54, 1.807) is 21.0 Å². The van der Waals surface area contributed by atoms with Crippen LogP contribution in [-0.2, 0) is 0 Å². The summed E-state index contributed by atoms with van der Waals surface area (Å²) in [6.45, 7) is 1.73. The largest absolute Gasteiger partial charge is 0.392 e. The average molecular weight is 267 g/mol. The monoisotopic (exact) mass is 267 g/mol. The van der Waals surface area contributed by atoms with Crippen molar-refractivity contribution in [2.24, 2.45) is 0 Å². The minimum absolute atomic E-state index is 0.129. The van der Waals surface area contributed by atoms with Gasteiger partial charge in [0, 0.05) is 32.3 Å². The molecule has 0 aliphatic carbocycles. The molecular weight excluding hydrogens is 250 g/mol. The van der Waals surface area contributed by atoms with E-state index in [1.807, 2.05) is 0 Å². The maximum atomic E-state index is 11.8. The van der Waals surface area contributed by atoms with Crippen LogP contribution in [0.15, 0.2) is 18.2 Å². The molecule has 1 rings (SSSR count). The second-order valence-electron chi connectivity index (χ2n) is 4.42. The van der Waals surface area contributed by atoms with Gasteiger partial charge in [-0.1, -0.05) is 0 Å². The van der Waals surface area contributed by atoms with E-state index in [4.69, 9.17) is 0 Å². The number of amides is 1. The predicted molar refractivity (Wildman–Crippen MR) is 71.3 cm³/mol. The van der Waals surface area contributed by atoms with Gasteiger partial charge in [0.1, 0.15) is 5.69 Å². The molecule has 2 N–H and O–H groups in total. The minimum Gasteiger partial charge on any atom is -0.392 e. The molecule has 0 saturated heterocycles. The number of nitro groups is 1. The maximum Gasteiger partial charge on any atom is 0.292 e. The van der Waals surface area contributed by atoms with Crippen LogP contribution < -0.4 is 5.32 Å². The number of nitrogens with zero attached hydrogens (tertiary/aromatic N) is 2. The van der Waals surface area contributed by atoms with Crippen LogP contribution in [0.2, 0.25) is 0 Å². The third-order valence-electron chi connectivity index (χ3n) is 2.43. The molecule has 0 heterocycles. The first-order valence-electron chi connectivity index (χ1n) is 5.75. The molecule has 0 aromatic heterocycles.